The second-order valence-corrected chi connectivity index (χ2v) is 3.88. The van der Waals surface area contributed by atoms with Gasteiger partial charge in [-0.2, -0.15) is 0 Å². The van der Waals surface area contributed by atoms with Gasteiger partial charge in [0.2, 0.25) is 5.91 Å². The van der Waals surface area contributed by atoms with Crippen LogP contribution in [0.5, 0.6) is 0 Å². The highest BCUT2D eigenvalue weighted by Crippen LogP contribution is 2.24. The second kappa shape index (κ2) is 5.83. The molecule has 0 saturated carbocycles. The lowest BCUT2D eigenvalue weighted by atomic mass is 10.3. The number of amides is 1. The summed E-state index contributed by atoms with van der Waals surface area (Å²) in [5, 5.41) is 6.94. The van der Waals surface area contributed by atoms with Gasteiger partial charge >= 0.3 is 0 Å². The Bertz CT molecular complexity index is 355. The maximum Gasteiger partial charge on any atom is 0.216 e. The zero-order valence-corrected chi connectivity index (χ0v) is 9.82. The molecule has 0 heterocycles. The maximum absolute atomic E-state index is 10.6. The van der Waals surface area contributed by atoms with Crippen molar-refractivity contribution in [2.75, 3.05) is 18.4 Å². The van der Waals surface area contributed by atoms with Crippen molar-refractivity contribution in [1.29, 1.82) is 0 Å². The van der Waals surface area contributed by atoms with Crippen LogP contribution in [0.1, 0.15) is 6.92 Å². The number of hydrogen-bond acceptors (Lipinski definition) is 2. The molecule has 0 aromatic heterocycles. The maximum atomic E-state index is 10.6. The van der Waals surface area contributed by atoms with Crippen molar-refractivity contribution in [2.24, 2.45) is 0 Å². The minimum Gasteiger partial charge on any atom is -0.382 e. The van der Waals surface area contributed by atoms with E-state index in [-0.39, 0.29) is 5.91 Å². The molecule has 0 saturated heterocycles. The summed E-state index contributed by atoms with van der Waals surface area (Å²) in [6.07, 6.45) is 0. The van der Waals surface area contributed by atoms with E-state index in [1.54, 1.807) is 18.2 Å². The van der Waals surface area contributed by atoms with Crippen LogP contribution in [0, 0.1) is 0 Å². The molecule has 1 rings (SSSR count). The molecule has 15 heavy (non-hydrogen) atoms. The topological polar surface area (TPSA) is 41.1 Å². The molecule has 0 aliphatic rings. The first-order valence-corrected chi connectivity index (χ1v) is 5.28. The standard InChI is InChI=1S/C10H12Cl2N2O/c1-7(15)13-4-5-14-10-3-2-8(11)6-9(10)12/h2-3,6,14H,4-5H2,1H3,(H,13,15). The van der Waals surface area contributed by atoms with Crippen LogP contribution < -0.4 is 10.6 Å². The molecule has 0 aliphatic heterocycles. The SMILES string of the molecule is CC(=O)NCCNc1ccc(Cl)cc1Cl. The van der Waals surface area contributed by atoms with Crippen LogP contribution in [0.25, 0.3) is 0 Å². The van der Waals surface area contributed by atoms with Gasteiger partial charge in [-0.15, -0.1) is 0 Å². The fourth-order valence-corrected chi connectivity index (χ4v) is 1.54. The van der Waals surface area contributed by atoms with E-state index in [4.69, 9.17) is 23.2 Å². The van der Waals surface area contributed by atoms with Crippen molar-refractivity contribution in [3.05, 3.63) is 28.2 Å². The molecular weight excluding hydrogens is 235 g/mol. The Hall–Kier alpha value is -0.930. The third-order valence-electron chi connectivity index (χ3n) is 1.75. The smallest absolute Gasteiger partial charge is 0.216 e. The molecule has 0 spiro atoms. The summed E-state index contributed by atoms with van der Waals surface area (Å²) in [5.41, 5.74) is 0.811. The summed E-state index contributed by atoms with van der Waals surface area (Å²) in [6, 6.07) is 5.23. The molecule has 1 aromatic carbocycles. The predicted molar refractivity (Wildman–Crippen MR) is 63.6 cm³/mol. The van der Waals surface area contributed by atoms with Gasteiger partial charge in [-0.3, -0.25) is 4.79 Å². The monoisotopic (exact) mass is 246 g/mol. The first-order valence-electron chi connectivity index (χ1n) is 4.53. The Morgan fingerprint density at radius 1 is 1.33 bits per heavy atom. The van der Waals surface area contributed by atoms with Gasteiger partial charge < -0.3 is 10.6 Å². The van der Waals surface area contributed by atoms with Gasteiger partial charge in [-0.05, 0) is 18.2 Å². The van der Waals surface area contributed by atoms with Crippen LogP contribution in [-0.2, 0) is 4.79 Å². The molecular formula is C10H12Cl2N2O. The summed E-state index contributed by atoms with van der Waals surface area (Å²) < 4.78 is 0. The van der Waals surface area contributed by atoms with Crippen LogP contribution in [-0.4, -0.2) is 19.0 Å². The van der Waals surface area contributed by atoms with Crippen LogP contribution in [0.3, 0.4) is 0 Å². The van der Waals surface area contributed by atoms with Gasteiger partial charge in [-0.1, -0.05) is 23.2 Å². The lowest BCUT2D eigenvalue weighted by Crippen LogP contribution is -2.26. The van der Waals surface area contributed by atoms with Crippen molar-refractivity contribution in [3.63, 3.8) is 0 Å². The molecule has 2 N–H and O–H groups in total. The predicted octanol–water partition coefficient (Wildman–Crippen LogP) is 2.54. The molecule has 0 aliphatic carbocycles. The van der Waals surface area contributed by atoms with Crippen LogP contribution in [0.2, 0.25) is 10.0 Å². The molecule has 1 aromatic rings. The average molecular weight is 247 g/mol. The van der Waals surface area contributed by atoms with E-state index < -0.39 is 0 Å². The fraction of sp³-hybridized carbons (Fsp3) is 0.300. The normalized spacial score (nSPS) is 9.80. The number of benzene rings is 1. The summed E-state index contributed by atoms with van der Waals surface area (Å²) in [7, 11) is 0. The van der Waals surface area contributed by atoms with Gasteiger partial charge in [0.05, 0.1) is 10.7 Å². The largest absolute Gasteiger partial charge is 0.382 e. The highest BCUT2D eigenvalue weighted by molar-refractivity contribution is 6.36. The quantitative estimate of drug-likeness (QED) is 0.803. The van der Waals surface area contributed by atoms with Gasteiger partial charge in [-0.25, -0.2) is 0 Å². The number of rotatable bonds is 4. The van der Waals surface area contributed by atoms with E-state index >= 15 is 0 Å². The number of halogens is 2. The highest BCUT2D eigenvalue weighted by Gasteiger charge is 1.99. The lowest BCUT2D eigenvalue weighted by Gasteiger charge is -2.08. The van der Waals surface area contributed by atoms with Gasteiger partial charge in [0.1, 0.15) is 0 Å². The van der Waals surface area contributed by atoms with Gasteiger partial charge in [0.25, 0.3) is 0 Å². The van der Waals surface area contributed by atoms with Crippen molar-refractivity contribution < 1.29 is 4.79 Å². The first kappa shape index (κ1) is 12.1. The molecule has 0 atom stereocenters. The Morgan fingerprint density at radius 3 is 2.67 bits per heavy atom. The minimum absolute atomic E-state index is 0.0426. The summed E-state index contributed by atoms with van der Waals surface area (Å²) in [5.74, 6) is -0.0426. The number of hydrogen-bond donors (Lipinski definition) is 2. The number of anilines is 1. The van der Waals surface area contributed by atoms with Crippen molar-refractivity contribution in [3.8, 4) is 0 Å². The second-order valence-electron chi connectivity index (χ2n) is 3.03. The van der Waals surface area contributed by atoms with E-state index in [0.717, 1.165) is 5.69 Å². The number of nitrogens with one attached hydrogen (secondary N) is 2. The third kappa shape index (κ3) is 4.40. The summed E-state index contributed by atoms with van der Waals surface area (Å²) >= 11 is 11.7. The van der Waals surface area contributed by atoms with Crippen molar-refractivity contribution >= 4 is 34.8 Å². The Labute approximate surface area is 98.8 Å². The van der Waals surface area contributed by atoms with Gasteiger partial charge in [0, 0.05) is 25.0 Å². The number of carbonyl (C=O) groups is 1. The minimum atomic E-state index is -0.0426. The van der Waals surface area contributed by atoms with Crippen molar-refractivity contribution in [1.82, 2.24) is 5.32 Å². The Kier molecular flexibility index (Phi) is 4.72. The molecule has 0 radical (unpaired) electrons. The molecule has 3 nitrogen and oxygen atoms in total. The average Bonchev–Trinajstić information content (AvgIpc) is 2.14. The van der Waals surface area contributed by atoms with E-state index in [2.05, 4.69) is 10.6 Å². The summed E-state index contributed by atoms with van der Waals surface area (Å²) in [4.78, 5) is 10.6. The molecule has 82 valence electrons. The zero-order valence-electron chi connectivity index (χ0n) is 8.31. The molecule has 0 unspecified atom stereocenters. The van der Waals surface area contributed by atoms with Crippen molar-refractivity contribution in [2.45, 2.75) is 6.92 Å². The highest BCUT2D eigenvalue weighted by atomic mass is 35.5. The number of carbonyl (C=O) groups excluding carboxylic acids is 1. The van der Waals surface area contributed by atoms with Crippen LogP contribution in [0.4, 0.5) is 5.69 Å². The summed E-state index contributed by atoms with van der Waals surface area (Å²) in [6.45, 7) is 2.67. The van der Waals surface area contributed by atoms with E-state index in [1.165, 1.54) is 6.92 Å². The molecule has 5 heteroatoms. The van der Waals surface area contributed by atoms with E-state index in [9.17, 15) is 4.79 Å². The van der Waals surface area contributed by atoms with Crippen LogP contribution >= 0.6 is 23.2 Å². The lowest BCUT2D eigenvalue weighted by molar-refractivity contribution is -0.118. The van der Waals surface area contributed by atoms with Crippen LogP contribution in [0.15, 0.2) is 18.2 Å². The molecule has 0 bridgehead atoms. The molecule has 1 amide bonds. The Balaban J connectivity index is 2.40. The van der Waals surface area contributed by atoms with Gasteiger partial charge in [0.15, 0.2) is 0 Å². The Morgan fingerprint density at radius 2 is 2.07 bits per heavy atom. The van der Waals surface area contributed by atoms with E-state index in [1.807, 2.05) is 0 Å². The molecule has 0 fully saturated rings. The fourth-order valence-electron chi connectivity index (χ4n) is 1.07. The first-order chi connectivity index (χ1) is 7.09. The third-order valence-corrected chi connectivity index (χ3v) is 2.29. The zero-order chi connectivity index (χ0) is 11.3. The van der Waals surface area contributed by atoms with E-state index in [0.29, 0.717) is 23.1 Å².